The Morgan fingerprint density at radius 1 is 1.04 bits per heavy atom. The summed E-state index contributed by atoms with van der Waals surface area (Å²) in [5.41, 5.74) is 9.34. The summed E-state index contributed by atoms with van der Waals surface area (Å²) >= 11 is 0. The van der Waals surface area contributed by atoms with Gasteiger partial charge in [0.15, 0.2) is 0 Å². The molecule has 1 aromatic carbocycles. The smallest absolute Gasteiger partial charge is 0.0166 e. The van der Waals surface area contributed by atoms with Crippen LogP contribution in [0.1, 0.15) is 71.9 Å². The summed E-state index contributed by atoms with van der Waals surface area (Å²) in [6.07, 6.45) is 4.39. The van der Waals surface area contributed by atoms with Crippen molar-refractivity contribution in [2.75, 3.05) is 6.54 Å². The van der Waals surface area contributed by atoms with Gasteiger partial charge in [-0.2, -0.15) is 0 Å². The summed E-state index contributed by atoms with van der Waals surface area (Å²) in [5.74, 6) is 0. The lowest BCUT2D eigenvalue weighted by Gasteiger charge is -2.41. The van der Waals surface area contributed by atoms with Crippen LogP contribution in [-0.4, -0.2) is 28.6 Å². The van der Waals surface area contributed by atoms with Crippen LogP contribution in [0.2, 0.25) is 0 Å². The van der Waals surface area contributed by atoms with E-state index in [0.29, 0.717) is 6.04 Å². The molecule has 0 radical (unpaired) electrons. The quantitative estimate of drug-likeness (QED) is 0.699. The predicted molar refractivity (Wildman–Crippen MR) is 103 cm³/mol. The predicted octanol–water partition coefficient (Wildman–Crippen LogP) is 4.93. The highest BCUT2D eigenvalue weighted by atomic mass is 15.2. The first-order valence-electron chi connectivity index (χ1n) is 9.18. The Bertz CT molecular complexity index is 457. The van der Waals surface area contributed by atoms with Crippen LogP contribution in [0.15, 0.2) is 24.3 Å². The number of benzene rings is 1. The monoisotopic (exact) mass is 318 g/mol. The maximum atomic E-state index is 6.57. The fourth-order valence-corrected chi connectivity index (χ4v) is 3.82. The number of aryl methyl sites for hydroxylation is 1. The Labute approximate surface area is 144 Å². The Balaban J connectivity index is 2.53. The molecular formula is C21H38N2. The summed E-state index contributed by atoms with van der Waals surface area (Å²) in [5, 5.41) is 0. The molecule has 1 aromatic rings. The number of hydrogen-bond acceptors (Lipinski definition) is 2. The zero-order chi connectivity index (χ0) is 17.7. The van der Waals surface area contributed by atoms with Crippen LogP contribution in [0.3, 0.4) is 0 Å². The van der Waals surface area contributed by atoms with Crippen molar-refractivity contribution in [2.45, 2.75) is 91.3 Å². The minimum atomic E-state index is -0.125. The average Bonchev–Trinajstić information content (AvgIpc) is 2.40. The van der Waals surface area contributed by atoms with E-state index in [0.717, 1.165) is 19.4 Å². The Morgan fingerprint density at radius 2 is 1.61 bits per heavy atom. The molecule has 1 atom stereocenters. The van der Waals surface area contributed by atoms with Gasteiger partial charge >= 0.3 is 0 Å². The van der Waals surface area contributed by atoms with E-state index in [1.165, 1.54) is 24.0 Å². The van der Waals surface area contributed by atoms with Crippen LogP contribution in [-0.2, 0) is 6.42 Å². The maximum absolute atomic E-state index is 6.57. The van der Waals surface area contributed by atoms with Crippen molar-refractivity contribution in [3.63, 3.8) is 0 Å². The molecule has 0 saturated carbocycles. The zero-order valence-electron chi connectivity index (χ0n) is 16.4. The van der Waals surface area contributed by atoms with Crippen LogP contribution in [0.25, 0.3) is 0 Å². The Morgan fingerprint density at radius 3 is 2.09 bits per heavy atom. The first-order valence-corrected chi connectivity index (χ1v) is 9.18. The van der Waals surface area contributed by atoms with E-state index in [-0.39, 0.29) is 11.1 Å². The number of nitrogens with zero attached hydrogens (tertiary/aromatic N) is 1. The van der Waals surface area contributed by atoms with Gasteiger partial charge in [-0.3, -0.25) is 4.90 Å². The van der Waals surface area contributed by atoms with Gasteiger partial charge in [-0.1, -0.05) is 36.8 Å². The molecule has 2 heteroatoms. The molecule has 1 unspecified atom stereocenters. The molecule has 0 bridgehead atoms. The third kappa shape index (κ3) is 6.64. The van der Waals surface area contributed by atoms with E-state index < -0.39 is 0 Å². The third-order valence-electron chi connectivity index (χ3n) is 5.01. The van der Waals surface area contributed by atoms with Gasteiger partial charge in [-0.25, -0.2) is 0 Å². The molecule has 0 heterocycles. The fraction of sp³-hybridized carbons (Fsp3) is 0.714. The van der Waals surface area contributed by atoms with E-state index in [1.54, 1.807) is 0 Å². The van der Waals surface area contributed by atoms with Crippen LogP contribution in [0, 0.1) is 6.92 Å². The summed E-state index contributed by atoms with van der Waals surface area (Å²) in [4.78, 5) is 2.58. The van der Waals surface area contributed by atoms with Crippen LogP contribution >= 0.6 is 0 Å². The lowest BCUT2D eigenvalue weighted by atomic mass is 9.85. The van der Waals surface area contributed by atoms with Crippen molar-refractivity contribution in [3.05, 3.63) is 35.4 Å². The molecule has 1 rings (SSSR count). The van der Waals surface area contributed by atoms with Crippen molar-refractivity contribution in [2.24, 2.45) is 5.73 Å². The highest BCUT2D eigenvalue weighted by Gasteiger charge is 2.28. The van der Waals surface area contributed by atoms with E-state index >= 15 is 0 Å². The second-order valence-electron chi connectivity index (χ2n) is 8.36. The van der Waals surface area contributed by atoms with Crippen molar-refractivity contribution in [1.82, 2.24) is 4.90 Å². The lowest BCUT2D eigenvalue weighted by molar-refractivity contribution is 0.0795. The van der Waals surface area contributed by atoms with E-state index in [9.17, 15) is 0 Å². The average molecular weight is 319 g/mol. The van der Waals surface area contributed by atoms with Gasteiger partial charge in [-0.05, 0) is 79.3 Å². The molecule has 2 nitrogen and oxygen atoms in total. The highest BCUT2D eigenvalue weighted by molar-refractivity contribution is 5.22. The minimum absolute atomic E-state index is 0.125. The minimum Gasteiger partial charge on any atom is -0.325 e. The standard InChI is InChI=1S/C21H38N2/c1-8-23(17(2)3)20(5,6)14-9-15-21(7,22)16-19-12-10-18(4)11-13-19/h10-13,17H,8-9,14-16,22H2,1-7H3. The van der Waals surface area contributed by atoms with E-state index in [1.807, 2.05) is 0 Å². The van der Waals surface area contributed by atoms with Crippen LogP contribution in [0.5, 0.6) is 0 Å². The molecule has 132 valence electrons. The molecule has 2 N–H and O–H groups in total. The van der Waals surface area contributed by atoms with Crippen molar-refractivity contribution >= 4 is 0 Å². The molecule has 0 amide bonds. The zero-order valence-corrected chi connectivity index (χ0v) is 16.4. The van der Waals surface area contributed by atoms with Gasteiger partial charge in [0.2, 0.25) is 0 Å². The fourth-order valence-electron chi connectivity index (χ4n) is 3.82. The lowest BCUT2D eigenvalue weighted by Crippen LogP contribution is -2.48. The van der Waals surface area contributed by atoms with E-state index in [2.05, 4.69) is 77.6 Å². The van der Waals surface area contributed by atoms with Crippen molar-refractivity contribution in [3.8, 4) is 0 Å². The van der Waals surface area contributed by atoms with E-state index in [4.69, 9.17) is 5.73 Å². The molecule has 0 saturated heterocycles. The second kappa shape index (κ2) is 8.30. The second-order valence-corrected chi connectivity index (χ2v) is 8.36. The van der Waals surface area contributed by atoms with Crippen molar-refractivity contribution < 1.29 is 0 Å². The molecule has 0 aliphatic carbocycles. The van der Waals surface area contributed by atoms with Gasteiger partial charge in [0.25, 0.3) is 0 Å². The number of hydrogen-bond donors (Lipinski definition) is 1. The summed E-state index contributed by atoms with van der Waals surface area (Å²) in [6, 6.07) is 9.36. The summed E-state index contributed by atoms with van der Waals surface area (Å²) in [6.45, 7) is 17.0. The molecule has 23 heavy (non-hydrogen) atoms. The van der Waals surface area contributed by atoms with Gasteiger partial charge < -0.3 is 5.73 Å². The molecule has 0 fully saturated rings. The molecule has 0 aliphatic rings. The summed E-state index contributed by atoms with van der Waals surface area (Å²) < 4.78 is 0. The topological polar surface area (TPSA) is 29.3 Å². The van der Waals surface area contributed by atoms with Gasteiger partial charge in [0.05, 0.1) is 0 Å². The maximum Gasteiger partial charge on any atom is 0.0166 e. The number of rotatable bonds is 9. The Kier molecular flexibility index (Phi) is 7.29. The number of nitrogens with two attached hydrogens (primary N) is 1. The normalized spacial score (nSPS) is 15.2. The first kappa shape index (κ1) is 20.2. The first-order chi connectivity index (χ1) is 10.6. The van der Waals surface area contributed by atoms with Gasteiger partial charge in [0.1, 0.15) is 0 Å². The van der Waals surface area contributed by atoms with Crippen LogP contribution < -0.4 is 5.73 Å². The van der Waals surface area contributed by atoms with Gasteiger partial charge in [0, 0.05) is 17.1 Å². The largest absolute Gasteiger partial charge is 0.325 e. The third-order valence-corrected chi connectivity index (χ3v) is 5.01. The Hall–Kier alpha value is -0.860. The van der Waals surface area contributed by atoms with Gasteiger partial charge in [-0.15, -0.1) is 0 Å². The molecule has 0 spiro atoms. The summed E-state index contributed by atoms with van der Waals surface area (Å²) in [7, 11) is 0. The molecular weight excluding hydrogens is 280 g/mol. The van der Waals surface area contributed by atoms with Crippen molar-refractivity contribution in [1.29, 1.82) is 0 Å². The molecule has 0 aromatic heterocycles. The molecule has 0 aliphatic heterocycles. The highest BCUT2D eigenvalue weighted by Crippen LogP contribution is 2.26. The SMILES string of the molecule is CCN(C(C)C)C(C)(C)CCCC(C)(N)Cc1ccc(C)cc1. The van der Waals surface area contributed by atoms with Crippen LogP contribution in [0.4, 0.5) is 0 Å².